The summed E-state index contributed by atoms with van der Waals surface area (Å²) in [4.78, 5) is 12.6. The van der Waals surface area contributed by atoms with E-state index < -0.39 is 11.7 Å². The molecule has 0 radical (unpaired) electrons. The number of anilines is 1. The molecule has 1 amide bonds. The predicted molar refractivity (Wildman–Crippen MR) is 122 cm³/mol. The normalized spacial score (nSPS) is 12.4. The second kappa shape index (κ2) is 8.61. The minimum atomic E-state index is -0.707. The summed E-state index contributed by atoms with van der Waals surface area (Å²) in [5.74, 6) is -1.10. The molecule has 0 atom stereocenters. The molecular formula is C24H26BrFN2O2. The fraction of sp³-hybridized carbons (Fsp3) is 0.333. The Labute approximate surface area is 185 Å². The first-order valence-corrected chi connectivity index (χ1v) is 10.3. The fourth-order valence-electron chi connectivity index (χ4n) is 2.98. The molecule has 0 saturated heterocycles. The van der Waals surface area contributed by atoms with Crippen LogP contribution in [-0.2, 0) is 15.6 Å². The maximum atomic E-state index is 14.0. The fourth-order valence-corrected chi connectivity index (χ4v) is 3.31. The van der Waals surface area contributed by atoms with E-state index in [0.717, 1.165) is 11.1 Å². The highest BCUT2D eigenvalue weighted by Gasteiger charge is 2.26. The zero-order chi connectivity index (χ0) is 22.9. The van der Waals surface area contributed by atoms with Crippen LogP contribution in [0.1, 0.15) is 58.2 Å². The highest BCUT2D eigenvalue weighted by atomic mass is 79.9. The maximum absolute atomic E-state index is 14.0. The Balaban J connectivity index is 2.53. The standard InChI is InChI=1S/C24H26BrFN2O2/c1-23(2,3)17-10-14(11-18(21(17)29)24(4,5)6)9-15(13-27)22(30)28-20-8-7-16(25)12-19(20)26/h7-12,29H,1-6H3,(H,28,30). The van der Waals surface area contributed by atoms with Crippen LogP contribution in [0, 0.1) is 17.1 Å². The summed E-state index contributed by atoms with van der Waals surface area (Å²) in [7, 11) is 0. The van der Waals surface area contributed by atoms with Gasteiger partial charge in [-0.3, -0.25) is 4.79 Å². The molecule has 2 aromatic carbocycles. The number of nitriles is 1. The molecule has 0 aromatic heterocycles. The monoisotopic (exact) mass is 472 g/mol. The van der Waals surface area contributed by atoms with E-state index in [1.807, 2.05) is 47.6 Å². The number of carbonyl (C=O) groups is 1. The van der Waals surface area contributed by atoms with Crippen molar-refractivity contribution in [3.05, 3.63) is 62.9 Å². The van der Waals surface area contributed by atoms with Crippen molar-refractivity contribution in [3.63, 3.8) is 0 Å². The van der Waals surface area contributed by atoms with E-state index in [1.54, 1.807) is 18.2 Å². The smallest absolute Gasteiger partial charge is 0.266 e. The van der Waals surface area contributed by atoms with Gasteiger partial charge in [0, 0.05) is 15.6 Å². The molecule has 6 heteroatoms. The van der Waals surface area contributed by atoms with E-state index >= 15 is 0 Å². The van der Waals surface area contributed by atoms with Gasteiger partial charge in [-0.25, -0.2) is 4.39 Å². The van der Waals surface area contributed by atoms with Crippen LogP contribution >= 0.6 is 15.9 Å². The van der Waals surface area contributed by atoms with Crippen molar-refractivity contribution in [3.8, 4) is 11.8 Å². The number of phenols is 1. The van der Waals surface area contributed by atoms with Gasteiger partial charge >= 0.3 is 0 Å². The molecular weight excluding hydrogens is 447 g/mol. The number of halogens is 2. The zero-order valence-corrected chi connectivity index (χ0v) is 19.6. The summed E-state index contributed by atoms with van der Waals surface area (Å²) >= 11 is 3.16. The van der Waals surface area contributed by atoms with Crippen molar-refractivity contribution in [2.45, 2.75) is 52.4 Å². The highest BCUT2D eigenvalue weighted by Crippen LogP contribution is 2.40. The lowest BCUT2D eigenvalue weighted by Crippen LogP contribution is -2.18. The summed E-state index contributed by atoms with van der Waals surface area (Å²) in [6.45, 7) is 11.9. The molecule has 158 valence electrons. The Morgan fingerprint density at radius 1 is 1.10 bits per heavy atom. The average molecular weight is 473 g/mol. The van der Waals surface area contributed by atoms with E-state index in [2.05, 4.69) is 21.2 Å². The molecule has 4 nitrogen and oxygen atoms in total. The molecule has 0 fully saturated rings. The quantitative estimate of drug-likeness (QED) is 0.398. The Bertz CT molecular complexity index is 1020. The Morgan fingerprint density at radius 2 is 1.63 bits per heavy atom. The van der Waals surface area contributed by atoms with Gasteiger partial charge in [0.25, 0.3) is 5.91 Å². The zero-order valence-electron chi connectivity index (χ0n) is 18.0. The largest absolute Gasteiger partial charge is 0.507 e. The molecule has 0 heterocycles. The number of aromatic hydroxyl groups is 1. The minimum absolute atomic E-state index is 0.0131. The first-order chi connectivity index (χ1) is 13.7. The van der Waals surface area contributed by atoms with Gasteiger partial charge in [0.1, 0.15) is 23.2 Å². The van der Waals surface area contributed by atoms with Crippen LogP contribution in [0.3, 0.4) is 0 Å². The third-order valence-corrected chi connectivity index (χ3v) is 5.10. The van der Waals surface area contributed by atoms with Crippen molar-refractivity contribution >= 4 is 33.6 Å². The van der Waals surface area contributed by atoms with E-state index in [1.165, 1.54) is 18.2 Å². The number of benzene rings is 2. The predicted octanol–water partition coefficient (Wildman–Crippen LogP) is 6.43. The van der Waals surface area contributed by atoms with Crippen LogP contribution in [0.5, 0.6) is 5.75 Å². The van der Waals surface area contributed by atoms with Gasteiger partial charge in [0.15, 0.2) is 0 Å². The molecule has 0 saturated carbocycles. The van der Waals surface area contributed by atoms with Crippen LogP contribution in [0.15, 0.2) is 40.4 Å². The van der Waals surface area contributed by atoms with Gasteiger partial charge in [-0.15, -0.1) is 0 Å². The number of carbonyl (C=O) groups excluding carboxylic acids is 1. The number of phenolic OH excluding ortho intramolecular Hbond substituents is 1. The van der Waals surface area contributed by atoms with E-state index in [-0.39, 0.29) is 27.8 Å². The number of nitrogens with zero attached hydrogens (tertiary/aromatic N) is 1. The van der Waals surface area contributed by atoms with Crippen LogP contribution in [0.2, 0.25) is 0 Å². The van der Waals surface area contributed by atoms with Crippen LogP contribution in [0.25, 0.3) is 6.08 Å². The lowest BCUT2D eigenvalue weighted by molar-refractivity contribution is -0.112. The van der Waals surface area contributed by atoms with E-state index in [4.69, 9.17) is 0 Å². The van der Waals surface area contributed by atoms with Crippen molar-refractivity contribution in [2.75, 3.05) is 5.32 Å². The van der Waals surface area contributed by atoms with Crippen molar-refractivity contribution in [1.82, 2.24) is 0 Å². The lowest BCUT2D eigenvalue weighted by Gasteiger charge is -2.28. The summed E-state index contributed by atoms with van der Waals surface area (Å²) in [6, 6.07) is 9.68. The second-order valence-electron chi connectivity index (χ2n) is 9.21. The van der Waals surface area contributed by atoms with Crippen LogP contribution in [0.4, 0.5) is 10.1 Å². The summed E-state index contributed by atoms with van der Waals surface area (Å²) < 4.78 is 14.6. The second-order valence-corrected chi connectivity index (χ2v) is 10.1. The van der Waals surface area contributed by atoms with Gasteiger partial charge in [-0.1, -0.05) is 57.5 Å². The number of rotatable bonds is 3. The Hall–Kier alpha value is -2.65. The molecule has 0 bridgehead atoms. The SMILES string of the molecule is CC(C)(C)c1cc(C=C(C#N)C(=O)Nc2ccc(Br)cc2F)cc(C(C)(C)C)c1O. The maximum Gasteiger partial charge on any atom is 0.266 e. The molecule has 0 aliphatic heterocycles. The third kappa shape index (κ3) is 5.48. The van der Waals surface area contributed by atoms with Gasteiger partial charge < -0.3 is 10.4 Å². The summed E-state index contributed by atoms with van der Waals surface area (Å²) in [5, 5.41) is 22.8. The number of amides is 1. The van der Waals surface area contributed by atoms with Gasteiger partial charge in [0.05, 0.1) is 5.69 Å². The minimum Gasteiger partial charge on any atom is -0.507 e. The molecule has 0 aliphatic rings. The summed E-state index contributed by atoms with van der Waals surface area (Å²) in [5.41, 5.74) is 1.19. The van der Waals surface area contributed by atoms with Gasteiger partial charge in [-0.2, -0.15) is 5.26 Å². The van der Waals surface area contributed by atoms with Crippen molar-refractivity contribution < 1.29 is 14.3 Å². The molecule has 0 unspecified atom stereocenters. The highest BCUT2D eigenvalue weighted by molar-refractivity contribution is 9.10. The Kier molecular flexibility index (Phi) is 6.78. The van der Waals surface area contributed by atoms with Gasteiger partial charge in [-0.05, 0) is 52.8 Å². The van der Waals surface area contributed by atoms with E-state index in [0.29, 0.717) is 10.0 Å². The van der Waals surface area contributed by atoms with Crippen molar-refractivity contribution in [2.24, 2.45) is 0 Å². The molecule has 0 spiro atoms. The first kappa shape index (κ1) is 23.6. The molecule has 30 heavy (non-hydrogen) atoms. The average Bonchev–Trinajstić information content (AvgIpc) is 2.61. The Morgan fingerprint density at radius 3 is 2.07 bits per heavy atom. The van der Waals surface area contributed by atoms with Gasteiger partial charge in [0.2, 0.25) is 0 Å². The topological polar surface area (TPSA) is 73.1 Å². The number of hydrogen-bond donors (Lipinski definition) is 2. The van der Waals surface area contributed by atoms with Crippen LogP contribution in [-0.4, -0.2) is 11.0 Å². The molecule has 2 aromatic rings. The summed E-state index contributed by atoms with van der Waals surface area (Å²) in [6.07, 6.45) is 1.45. The molecule has 2 N–H and O–H groups in total. The third-order valence-electron chi connectivity index (χ3n) is 4.60. The van der Waals surface area contributed by atoms with Crippen LogP contribution < -0.4 is 5.32 Å². The van der Waals surface area contributed by atoms with E-state index in [9.17, 15) is 19.6 Å². The number of hydrogen-bond acceptors (Lipinski definition) is 3. The first-order valence-electron chi connectivity index (χ1n) is 9.50. The lowest BCUT2D eigenvalue weighted by atomic mass is 9.78. The van der Waals surface area contributed by atoms with Crippen molar-refractivity contribution in [1.29, 1.82) is 5.26 Å². The molecule has 0 aliphatic carbocycles. The molecule has 2 rings (SSSR count). The number of nitrogens with one attached hydrogen (secondary N) is 1.